The van der Waals surface area contributed by atoms with Gasteiger partial charge in [-0.05, 0) is 31.9 Å². The van der Waals surface area contributed by atoms with Gasteiger partial charge in [0, 0.05) is 6.04 Å². The Morgan fingerprint density at radius 2 is 2.18 bits per heavy atom. The molecule has 118 valence electrons. The predicted octanol–water partition coefficient (Wildman–Crippen LogP) is 3.01. The minimum absolute atomic E-state index is 0.337. The predicted molar refractivity (Wildman–Crippen MR) is 84.4 cm³/mol. The highest BCUT2D eigenvalue weighted by atomic mass is 32.2. The van der Waals surface area contributed by atoms with Gasteiger partial charge < -0.3 is 10.2 Å². The third kappa shape index (κ3) is 3.04. The Labute approximate surface area is 133 Å². The van der Waals surface area contributed by atoms with E-state index in [9.17, 15) is 4.79 Å². The van der Waals surface area contributed by atoms with E-state index in [1.807, 2.05) is 12.1 Å². The fraction of sp³-hybridized carbons (Fsp3) is 0.533. The van der Waals surface area contributed by atoms with Crippen molar-refractivity contribution in [1.82, 2.24) is 14.8 Å². The van der Waals surface area contributed by atoms with Crippen LogP contribution < -0.4 is 5.73 Å². The number of aromatic nitrogens is 3. The van der Waals surface area contributed by atoms with Crippen LogP contribution in [0.25, 0.3) is 11.6 Å². The highest BCUT2D eigenvalue weighted by Crippen LogP contribution is 2.36. The van der Waals surface area contributed by atoms with Crippen molar-refractivity contribution in [3.05, 3.63) is 18.4 Å². The molecular weight excluding hydrogens is 300 g/mol. The number of hydrogen-bond donors (Lipinski definition) is 1. The molecular formula is C15H20N4O2S. The van der Waals surface area contributed by atoms with Crippen LogP contribution in [0.2, 0.25) is 0 Å². The third-order valence-electron chi connectivity index (χ3n) is 4.03. The maximum atomic E-state index is 11.4. The summed E-state index contributed by atoms with van der Waals surface area (Å²) < 4.78 is 7.62. The monoisotopic (exact) mass is 320 g/mol. The molecule has 2 N–H and O–H groups in total. The fourth-order valence-electron chi connectivity index (χ4n) is 2.82. The zero-order valence-electron chi connectivity index (χ0n) is 12.6. The van der Waals surface area contributed by atoms with Crippen LogP contribution in [0.1, 0.15) is 45.1 Å². The smallest absolute Gasteiger partial charge is 0.230 e. The maximum absolute atomic E-state index is 11.4. The number of carbonyl (C=O) groups is 1. The van der Waals surface area contributed by atoms with Crippen LogP contribution in [0.4, 0.5) is 0 Å². The molecule has 0 unspecified atom stereocenters. The van der Waals surface area contributed by atoms with E-state index in [0.29, 0.717) is 11.8 Å². The molecule has 2 aromatic rings. The van der Waals surface area contributed by atoms with E-state index in [1.54, 1.807) is 13.2 Å². The molecule has 7 heteroatoms. The summed E-state index contributed by atoms with van der Waals surface area (Å²) in [5.41, 5.74) is 5.38. The summed E-state index contributed by atoms with van der Waals surface area (Å²) in [5, 5.41) is 8.97. The summed E-state index contributed by atoms with van der Waals surface area (Å²) in [6, 6.07) is 4.08. The molecule has 0 aromatic carbocycles. The zero-order chi connectivity index (χ0) is 15.5. The lowest BCUT2D eigenvalue weighted by atomic mass is 9.95. The third-order valence-corrected chi connectivity index (χ3v) is 5.10. The van der Waals surface area contributed by atoms with Crippen LogP contribution in [0.3, 0.4) is 0 Å². The number of thioether (sulfide) groups is 1. The van der Waals surface area contributed by atoms with E-state index in [1.165, 1.54) is 31.0 Å². The van der Waals surface area contributed by atoms with Crippen molar-refractivity contribution in [3.63, 3.8) is 0 Å². The molecule has 0 saturated heterocycles. The molecule has 0 bridgehead atoms. The Hall–Kier alpha value is -1.76. The molecule has 1 fully saturated rings. The summed E-state index contributed by atoms with van der Waals surface area (Å²) in [7, 11) is 0. The summed E-state index contributed by atoms with van der Waals surface area (Å²) in [5.74, 6) is 1.09. The van der Waals surface area contributed by atoms with E-state index >= 15 is 0 Å². The molecule has 3 rings (SSSR count). The lowest BCUT2D eigenvalue weighted by molar-refractivity contribution is -0.117. The van der Waals surface area contributed by atoms with Gasteiger partial charge in [0.1, 0.15) is 0 Å². The largest absolute Gasteiger partial charge is 0.461 e. The van der Waals surface area contributed by atoms with Gasteiger partial charge in [0.15, 0.2) is 10.9 Å². The molecule has 0 radical (unpaired) electrons. The van der Waals surface area contributed by atoms with E-state index in [-0.39, 0.29) is 11.2 Å². The summed E-state index contributed by atoms with van der Waals surface area (Å²) in [4.78, 5) is 11.4. The molecule has 1 saturated carbocycles. The number of rotatable bonds is 5. The van der Waals surface area contributed by atoms with Gasteiger partial charge in [-0.25, -0.2) is 0 Å². The Morgan fingerprint density at radius 3 is 2.82 bits per heavy atom. The van der Waals surface area contributed by atoms with Gasteiger partial charge >= 0.3 is 0 Å². The Bertz CT molecular complexity index is 632. The number of hydrogen-bond acceptors (Lipinski definition) is 5. The Morgan fingerprint density at radius 1 is 1.41 bits per heavy atom. The van der Waals surface area contributed by atoms with Crippen LogP contribution in [-0.4, -0.2) is 25.9 Å². The molecule has 2 aromatic heterocycles. The molecule has 1 atom stereocenters. The second-order valence-electron chi connectivity index (χ2n) is 5.61. The first-order valence-corrected chi connectivity index (χ1v) is 8.49. The van der Waals surface area contributed by atoms with Crippen molar-refractivity contribution in [2.75, 3.05) is 0 Å². The normalized spacial score (nSPS) is 17.5. The lowest BCUT2D eigenvalue weighted by Crippen LogP contribution is -2.23. The van der Waals surface area contributed by atoms with Gasteiger partial charge in [-0.3, -0.25) is 9.36 Å². The van der Waals surface area contributed by atoms with Crippen molar-refractivity contribution in [3.8, 4) is 11.6 Å². The second-order valence-corrected chi connectivity index (χ2v) is 6.92. The highest BCUT2D eigenvalue weighted by Gasteiger charge is 2.26. The van der Waals surface area contributed by atoms with E-state index < -0.39 is 0 Å². The maximum Gasteiger partial charge on any atom is 0.230 e. The minimum atomic E-state index is -0.345. The van der Waals surface area contributed by atoms with Crippen LogP contribution in [-0.2, 0) is 4.79 Å². The van der Waals surface area contributed by atoms with Crippen molar-refractivity contribution in [1.29, 1.82) is 0 Å². The van der Waals surface area contributed by atoms with Gasteiger partial charge in [0.2, 0.25) is 11.7 Å². The molecule has 1 aliphatic rings. The molecule has 0 aliphatic heterocycles. The van der Waals surface area contributed by atoms with Gasteiger partial charge in [-0.1, -0.05) is 31.0 Å². The van der Waals surface area contributed by atoms with Gasteiger partial charge in [0.05, 0.1) is 11.5 Å². The molecule has 6 nitrogen and oxygen atoms in total. The molecule has 0 spiro atoms. The summed E-state index contributed by atoms with van der Waals surface area (Å²) in [6.07, 6.45) is 7.52. The van der Waals surface area contributed by atoms with Crippen LogP contribution in [0, 0.1) is 0 Å². The highest BCUT2D eigenvalue weighted by molar-refractivity contribution is 8.00. The zero-order valence-corrected chi connectivity index (χ0v) is 13.4. The summed E-state index contributed by atoms with van der Waals surface area (Å²) >= 11 is 1.36. The number of primary amides is 1. The van der Waals surface area contributed by atoms with Crippen molar-refractivity contribution in [2.45, 2.75) is 55.5 Å². The Balaban J connectivity index is 1.97. The quantitative estimate of drug-likeness (QED) is 0.856. The van der Waals surface area contributed by atoms with Crippen molar-refractivity contribution < 1.29 is 9.21 Å². The van der Waals surface area contributed by atoms with E-state index in [4.69, 9.17) is 10.2 Å². The van der Waals surface area contributed by atoms with Crippen molar-refractivity contribution >= 4 is 17.7 Å². The van der Waals surface area contributed by atoms with Gasteiger partial charge in [-0.2, -0.15) is 0 Å². The number of nitrogens with zero attached hydrogens (tertiary/aromatic N) is 3. The second kappa shape index (κ2) is 6.56. The van der Waals surface area contributed by atoms with E-state index in [0.717, 1.165) is 23.8 Å². The molecule has 2 heterocycles. The molecule has 1 amide bonds. The average Bonchev–Trinajstić information content (AvgIpc) is 3.16. The van der Waals surface area contributed by atoms with Gasteiger partial charge in [0.25, 0.3) is 0 Å². The minimum Gasteiger partial charge on any atom is -0.461 e. The number of furan rings is 1. The van der Waals surface area contributed by atoms with Crippen LogP contribution in [0.15, 0.2) is 28.0 Å². The fourth-order valence-corrected chi connectivity index (χ4v) is 3.69. The van der Waals surface area contributed by atoms with Crippen molar-refractivity contribution in [2.24, 2.45) is 5.73 Å². The summed E-state index contributed by atoms with van der Waals surface area (Å²) in [6.45, 7) is 1.79. The standard InChI is InChI=1S/C15H20N4O2S/c1-10(13(16)20)22-15-18-17-14(12-8-5-9-21-12)19(15)11-6-3-2-4-7-11/h5,8-11H,2-4,6-7H2,1H3,(H2,16,20)/t10-/m0/s1. The first kappa shape index (κ1) is 15.1. The number of carbonyl (C=O) groups excluding carboxylic acids is 1. The molecule has 1 aliphatic carbocycles. The Kier molecular flexibility index (Phi) is 4.52. The average molecular weight is 320 g/mol. The van der Waals surface area contributed by atoms with Crippen LogP contribution >= 0.6 is 11.8 Å². The number of amides is 1. The van der Waals surface area contributed by atoms with Gasteiger partial charge in [-0.15, -0.1) is 10.2 Å². The van der Waals surface area contributed by atoms with E-state index in [2.05, 4.69) is 14.8 Å². The first-order chi connectivity index (χ1) is 10.7. The number of nitrogens with two attached hydrogens (primary N) is 1. The van der Waals surface area contributed by atoms with Crippen LogP contribution in [0.5, 0.6) is 0 Å². The SMILES string of the molecule is C[C@H](Sc1nnc(-c2ccco2)n1C1CCCCC1)C(N)=O. The first-order valence-electron chi connectivity index (χ1n) is 7.61. The lowest BCUT2D eigenvalue weighted by Gasteiger charge is -2.25. The topological polar surface area (TPSA) is 86.9 Å². The molecule has 22 heavy (non-hydrogen) atoms.